The van der Waals surface area contributed by atoms with Crippen LogP contribution in [0.15, 0.2) is 48.5 Å². The number of aromatic nitrogens is 16. The fourth-order valence-corrected chi connectivity index (χ4v) is 4.14. The van der Waals surface area contributed by atoms with Gasteiger partial charge in [0.25, 0.3) is 0 Å². The van der Waals surface area contributed by atoms with Gasteiger partial charge in [0.1, 0.15) is 0 Å². The Kier molecular flexibility index (Phi) is 45.3. The third-order valence-electron chi connectivity index (χ3n) is 6.27. The van der Waals surface area contributed by atoms with Crippen LogP contribution in [-0.2, 0) is 110 Å². The van der Waals surface area contributed by atoms with Crippen molar-refractivity contribution in [3.05, 3.63) is 140 Å². The Morgan fingerprint density at radius 2 is 0.290 bits per heavy atom. The maximum atomic E-state index is 3.77. The van der Waals surface area contributed by atoms with Crippen LogP contribution in [0.25, 0.3) is 0 Å². The van der Waals surface area contributed by atoms with E-state index in [4.69, 9.17) is 0 Å². The van der Waals surface area contributed by atoms with Gasteiger partial charge >= 0.3 is 110 Å². The minimum Gasteiger partial charge on any atom is -0.579 e. The Bertz CT molecular complexity index is 1600. The molecule has 16 nitrogen and oxygen atoms in total. The van der Waals surface area contributed by atoms with Crippen LogP contribution < -0.4 is 40.8 Å². The van der Waals surface area contributed by atoms with Gasteiger partial charge in [-0.1, -0.05) is 104 Å². The zero-order valence-electron chi connectivity index (χ0n) is 37.6. The Balaban J connectivity index is -0.000000143. The second-order valence-electron chi connectivity index (χ2n) is 13.0. The topological polar surface area (TPSA) is 216 Å². The molecule has 0 bridgehead atoms. The van der Waals surface area contributed by atoms with Crippen LogP contribution in [-0.4, -0.2) is 40.8 Å². The average molecular weight is 1410 g/mol. The van der Waals surface area contributed by atoms with Gasteiger partial charge in [-0.05, 0) is 55.4 Å². The molecule has 0 aliphatic carbocycles. The van der Waals surface area contributed by atoms with Gasteiger partial charge in [-0.15, -0.1) is 45.6 Å². The van der Waals surface area contributed by atoms with E-state index in [0.717, 1.165) is 91.1 Å². The number of hydrogen-bond acceptors (Lipinski definition) is 8. The molecule has 0 amide bonds. The third kappa shape index (κ3) is 37.7. The Hall–Kier alpha value is -2.87. The van der Waals surface area contributed by atoms with Crippen molar-refractivity contribution in [2.24, 2.45) is 0 Å². The number of hydrogen-bond donors (Lipinski definition) is 0. The van der Waals surface area contributed by atoms with E-state index in [-0.39, 0.29) is 110 Å². The van der Waals surface area contributed by atoms with Gasteiger partial charge in [0.15, 0.2) is 0 Å². The molecular weight excluding hydrogens is 1350 g/mol. The second-order valence-corrected chi connectivity index (χ2v) is 13.0. The van der Waals surface area contributed by atoms with E-state index in [1.807, 2.05) is 159 Å². The van der Waals surface area contributed by atoms with Crippen molar-refractivity contribution in [3.63, 3.8) is 0 Å². The summed E-state index contributed by atoms with van der Waals surface area (Å²) in [6, 6.07) is 15.6. The minimum atomic E-state index is 0. The molecule has 22 heteroatoms. The summed E-state index contributed by atoms with van der Waals surface area (Å²) in [6.45, 7) is 30.9. The predicted octanol–water partition coefficient (Wildman–Crippen LogP) is 5.23. The maximum Gasteiger partial charge on any atom is 2.00 e. The summed E-state index contributed by atoms with van der Waals surface area (Å²) < 4.78 is 0. The Morgan fingerprint density at radius 3 is 0.306 bits per heavy atom. The molecule has 8 aromatic heterocycles. The Morgan fingerprint density at radius 1 is 0.210 bits per heavy atom. The SMILES string of the molecule is Cc1cc(C)[n-]n1.Cc1cc(C)[n-]n1.Cc1cc(C)[n-]n1.Cc1cc(C)[n-]n1.Cc1cc(C)[n-]n1.Cc1cc(C)[n-]n1.Cc1cc(C)[n-]n1.Cc1cc(C)[n-]n1.[Cu+].[Cu+].[Cu+].[Cu+].[Pt+2].[Pt+2]. The first-order valence-electron chi connectivity index (χ1n) is 17.8. The van der Waals surface area contributed by atoms with Crippen LogP contribution >= 0.6 is 0 Å². The van der Waals surface area contributed by atoms with Crippen molar-refractivity contribution in [1.29, 1.82) is 0 Å². The zero-order chi connectivity index (χ0) is 42.2. The van der Waals surface area contributed by atoms with E-state index >= 15 is 0 Å². The van der Waals surface area contributed by atoms with Gasteiger partial charge in [0.05, 0.1) is 0 Å². The maximum absolute atomic E-state index is 3.77. The number of aryl methyl sites for hydroxylation is 16. The molecule has 62 heavy (non-hydrogen) atoms. The molecule has 0 aliphatic heterocycles. The van der Waals surface area contributed by atoms with Crippen LogP contribution in [0.5, 0.6) is 0 Å². The van der Waals surface area contributed by atoms with Crippen molar-refractivity contribution in [3.8, 4) is 0 Å². The Labute approximate surface area is 438 Å². The van der Waals surface area contributed by atoms with Crippen LogP contribution in [0.4, 0.5) is 0 Å². The molecule has 0 aromatic carbocycles. The third-order valence-corrected chi connectivity index (χ3v) is 6.27. The van der Waals surface area contributed by atoms with Crippen LogP contribution in [0.1, 0.15) is 91.1 Å². The molecule has 0 N–H and O–H groups in total. The fraction of sp³-hybridized carbons (Fsp3) is 0.400. The van der Waals surface area contributed by atoms with Gasteiger partial charge in [-0.25, -0.2) is 0 Å². The minimum absolute atomic E-state index is 0. The van der Waals surface area contributed by atoms with Gasteiger partial charge in [-0.3, -0.25) is 0 Å². The number of rotatable bonds is 0. The van der Waals surface area contributed by atoms with E-state index in [1.54, 1.807) is 0 Å². The fourth-order valence-electron chi connectivity index (χ4n) is 4.14. The zero-order valence-corrected chi connectivity index (χ0v) is 45.9. The average Bonchev–Trinajstić information content (AvgIpc) is 4.00. The molecule has 0 radical (unpaired) electrons. The molecule has 0 fully saturated rings. The number of nitrogens with zero attached hydrogens (tertiary/aromatic N) is 16. The molecule has 0 saturated carbocycles. The van der Waals surface area contributed by atoms with Crippen LogP contribution in [0, 0.1) is 111 Å². The second kappa shape index (κ2) is 39.7. The molecule has 0 saturated heterocycles. The van der Waals surface area contributed by atoms with Crippen molar-refractivity contribution in [2.75, 3.05) is 0 Å². The van der Waals surface area contributed by atoms with E-state index in [1.165, 1.54) is 0 Å². The summed E-state index contributed by atoms with van der Waals surface area (Å²) >= 11 is 0. The van der Waals surface area contributed by atoms with Gasteiger partial charge in [0.2, 0.25) is 0 Å². The molecule has 0 atom stereocenters. The summed E-state index contributed by atoms with van der Waals surface area (Å²) in [5, 5.41) is 60.3. The summed E-state index contributed by atoms with van der Waals surface area (Å²) in [7, 11) is 0. The van der Waals surface area contributed by atoms with E-state index in [9.17, 15) is 0 Å². The van der Waals surface area contributed by atoms with E-state index in [2.05, 4.69) is 81.6 Å². The van der Waals surface area contributed by atoms with Gasteiger partial charge < -0.3 is 81.6 Å². The summed E-state index contributed by atoms with van der Waals surface area (Å²) in [4.78, 5) is 0. The van der Waals surface area contributed by atoms with Crippen LogP contribution in [0.3, 0.4) is 0 Å². The molecule has 8 aromatic rings. The van der Waals surface area contributed by atoms with E-state index in [0.29, 0.717) is 0 Å². The van der Waals surface area contributed by atoms with Gasteiger partial charge in [0, 0.05) is 45.6 Å². The summed E-state index contributed by atoms with van der Waals surface area (Å²) in [5.74, 6) is 0. The predicted molar refractivity (Wildman–Crippen MR) is 216 cm³/mol. The first-order chi connectivity index (χ1) is 26.3. The van der Waals surface area contributed by atoms with Crippen LogP contribution in [0.2, 0.25) is 0 Å². The van der Waals surface area contributed by atoms with Crippen molar-refractivity contribution < 1.29 is 110 Å². The molecule has 0 spiro atoms. The van der Waals surface area contributed by atoms with Crippen molar-refractivity contribution in [2.45, 2.75) is 111 Å². The van der Waals surface area contributed by atoms with E-state index < -0.39 is 0 Å². The normalized spacial score (nSPS) is 8.52. The largest absolute Gasteiger partial charge is 2.00 e. The van der Waals surface area contributed by atoms with Crippen molar-refractivity contribution >= 4 is 0 Å². The first-order valence-corrected chi connectivity index (χ1v) is 17.8. The van der Waals surface area contributed by atoms with Crippen molar-refractivity contribution in [1.82, 2.24) is 81.6 Å². The molecule has 0 unspecified atom stereocenters. The molecular formula is C40H56Cu4N16Pt2. The molecule has 8 heterocycles. The molecule has 8 rings (SSSR count). The summed E-state index contributed by atoms with van der Waals surface area (Å²) in [6.07, 6.45) is 0. The smallest absolute Gasteiger partial charge is 0.579 e. The first kappa shape index (κ1) is 70.8. The monoisotopic (exact) mass is 1400 g/mol. The quantitative estimate of drug-likeness (QED) is 0.178. The molecule has 0 aliphatic rings. The summed E-state index contributed by atoms with van der Waals surface area (Å²) in [5.41, 5.74) is 16.0. The molecule has 360 valence electrons. The van der Waals surface area contributed by atoms with Gasteiger partial charge in [-0.2, -0.15) is 0 Å². The standard InChI is InChI=1S/8C5H7N2.4Cu.2Pt/c8*1-4-3-5(2)7-6-4;;;;;;/h8*3H,1-2H3;;;;;;/q8*-1;4*+1;2*+2.